The second-order valence-electron chi connectivity index (χ2n) is 5.33. The third kappa shape index (κ3) is 3.46. The van der Waals surface area contributed by atoms with Gasteiger partial charge in [-0.25, -0.2) is 0 Å². The lowest BCUT2D eigenvalue weighted by Gasteiger charge is -2.23. The minimum Gasteiger partial charge on any atom is -0.313 e. The Bertz CT molecular complexity index is 406. The smallest absolute Gasteiger partial charge is 0.0279 e. The van der Waals surface area contributed by atoms with E-state index in [1.165, 1.54) is 49.7 Å². The average molecular weight is 243 g/mol. The van der Waals surface area contributed by atoms with Crippen molar-refractivity contribution in [3.63, 3.8) is 0 Å². The topological polar surface area (TPSA) is 12.0 Å². The van der Waals surface area contributed by atoms with Gasteiger partial charge in [0.15, 0.2) is 0 Å². The highest BCUT2D eigenvalue weighted by molar-refractivity contribution is 5.26. The van der Waals surface area contributed by atoms with Gasteiger partial charge >= 0.3 is 0 Å². The molecule has 1 aromatic carbocycles. The van der Waals surface area contributed by atoms with E-state index in [-0.39, 0.29) is 0 Å². The number of aryl methyl sites for hydroxylation is 2. The molecule has 1 nitrogen and oxygen atoms in total. The number of allylic oxidation sites excluding steroid dienone is 1. The van der Waals surface area contributed by atoms with Crippen LogP contribution in [0.15, 0.2) is 35.9 Å². The molecule has 0 saturated carbocycles. The zero-order valence-corrected chi connectivity index (χ0v) is 11.7. The molecule has 1 aromatic rings. The van der Waals surface area contributed by atoms with Crippen LogP contribution in [-0.4, -0.2) is 13.1 Å². The van der Waals surface area contributed by atoms with Crippen LogP contribution < -0.4 is 5.32 Å². The Morgan fingerprint density at radius 2 is 2.06 bits per heavy atom. The van der Waals surface area contributed by atoms with Crippen LogP contribution in [0.4, 0.5) is 0 Å². The average Bonchev–Trinajstić information content (AvgIpc) is 2.42. The molecule has 0 amide bonds. The molecule has 1 heteroatoms. The van der Waals surface area contributed by atoms with Gasteiger partial charge in [-0.15, -0.1) is 0 Å². The van der Waals surface area contributed by atoms with E-state index in [0.717, 1.165) is 0 Å². The van der Waals surface area contributed by atoms with Crippen LogP contribution in [0, 0.1) is 6.92 Å². The first-order valence-corrected chi connectivity index (χ1v) is 7.22. The Kier molecular flexibility index (Phi) is 5.00. The van der Waals surface area contributed by atoms with Crippen molar-refractivity contribution in [2.75, 3.05) is 7.05 Å². The largest absolute Gasteiger partial charge is 0.313 e. The first kappa shape index (κ1) is 13.4. The highest BCUT2D eigenvalue weighted by atomic mass is 14.9. The van der Waals surface area contributed by atoms with Crippen LogP contribution in [0.5, 0.6) is 0 Å². The molecular formula is C17H25N. The maximum atomic E-state index is 3.49. The Morgan fingerprint density at radius 3 is 2.72 bits per heavy atom. The van der Waals surface area contributed by atoms with Crippen LogP contribution in [0.2, 0.25) is 0 Å². The summed E-state index contributed by atoms with van der Waals surface area (Å²) in [4.78, 5) is 0. The fourth-order valence-corrected chi connectivity index (χ4v) is 2.89. The molecule has 0 saturated heterocycles. The minimum atomic E-state index is 0.574. The van der Waals surface area contributed by atoms with Crippen LogP contribution in [0.3, 0.4) is 0 Å². The Hall–Kier alpha value is -1.08. The van der Waals surface area contributed by atoms with Crippen molar-refractivity contribution in [3.8, 4) is 0 Å². The van der Waals surface area contributed by atoms with Gasteiger partial charge in [0.05, 0.1) is 0 Å². The van der Waals surface area contributed by atoms with Crippen molar-refractivity contribution >= 4 is 0 Å². The molecule has 18 heavy (non-hydrogen) atoms. The number of hydrogen-bond donors (Lipinski definition) is 1. The lowest BCUT2D eigenvalue weighted by Crippen LogP contribution is -2.28. The molecule has 0 fully saturated rings. The first-order valence-electron chi connectivity index (χ1n) is 7.22. The molecule has 0 spiro atoms. The van der Waals surface area contributed by atoms with E-state index < -0.39 is 0 Å². The van der Waals surface area contributed by atoms with Crippen molar-refractivity contribution in [2.45, 2.75) is 51.5 Å². The lowest BCUT2D eigenvalue weighted by molar-refractivity contribution is 0.540. The minimum absolute atomic E-state index is 0.574. The second-order valence-corrected chi connectivity index (χ2v) is 5.33. The van der Waals surface area contributed by atoms with Crippen molar-refractivity contribution < 1.29 is 0 Å². The molecule has 1 N–H and O–H groups in total. The molecule has 0 aromatic heterocycles. The molecule has 1 unspecified atom stereocenters. The molecule has 1 aliphatic carbocycles. The van der Waals surface area contributed by atoms with E-state index in [9.17, 15) is 0 Å². The molecule has 0 heterocycles. The van der Waals surface area contributed by atoms with E-state index in [4.69, 9.17) is 0 Å². The van der Waals surface area contributed by atoms with Gasteiger partial charge in [0.25, 0.3) is 0 Å². The molecule has 2 rings (SSSR count). The second kappa shape index (κ2) is 6.75. The van der Waals surface area contributed by atoms with Gasteiger partial charge in [-0.1, -0.05) is 35.9 Å². The number of benzene rings is 1. The number of rotatable bonds is 5. The third-order valence-electron chi connectivity index (χ3n) is 4.09. The Labute approximate surface area is 111 Å². The summed E-state index contributed by atoms with van der Waals surface area (Å²) in [5, 5.41) is 3.49. The number of likely N-dealkylation sites (N-methyl/N-ethyl adjacent to an activating group) is 1. The van der Waals surface area contributed by atoms with Gasteiger partial charge in [-0.2, -0.15) is 0 Å². The highest BCUT2D eigenvalue weighted by Gasteiger charge is 2.14. The third-order valence-corrected chi connectivity index (χ3v) is 4.09. The lowest BCUT2D eigenvalue weighted by atomic mass is 9.90. The summed E-state index contributed by atoms with van der Waals surface area (Å²) in [5.74, 6) is 0. The molecule has 1 aliphatic rings. The van der Waals surface area contributed by atoms with E-state index in [0.29, 0.717) is 6.04 Å². The molecule has 0 bridgehead atoms. The van der Waals surface area contributed by atoms with Crippen molar-refractivity contribution in [1.29, 1.82) is 0 Å². The standard InChI is InChI=1S/C17H25N/c1-14-8-6-7-9-15(14)12-13-17(18-2)16-10-4-3-5-11-16/h6-10,17-18H,3-5,11-13H2,1-2H3. The molecule has 1 atom stereocenters. The maximum Gasteiger partial charge on any atom is 0.0279 e. The first-order chi connectivity index (χ1) is 8.81. The Morgan fingerprint density at radius 1 is 1.22 bits per heavy atom. The van der Waals surface area contributed by atoms with Gasteiger partial charge in [0, 0.05) is 6.04 Å². The van der Waals surface area contributed by atoms with Gasteiger partial charge < -0.3 is 5.32 Å². The summed E-state index contributed by atoms with van der Waals surface area (Å²) >= 11 is 0. The van der Waals surface area contributed by atoms with Gasteiger partial charge in [-0.3, -0.25) is 0 Å². The van der Waals surface area contributed by atoms with E-state index in [2.05, 4.69) is 49.6 Å². The van der Waals surface area contributed by atoms with Crippen LogP contribution >= 0.6 is 0 Å². The van der Waals surface area contributed by atoms with Gasteiger partial charge in [0.2, 0.25) is 0 Å². The quantitative estimate of drug-likeness (QED) is 0.770. The zero-order valence-electron chi connectivity index (χ0n) is 11.7. The van der Waals surface area contributed by atoms with Crippen molar-refractivity contribution in [3.05, 3.63) is 47.0 Å². The summed E-state index contributed by atoms with van der Waals surface area (Å²) in [6, 6.07) is 9.32. The normalized spacial score (nSPS) is 17.3. The summed E-state index contributed by atoms with van der Waals surface area (Å²) in [5.41, 5.74) is 4.55. The summed E-state index contributed by atoms with van der Waals surface area (Å²) in [7, 11) is 2.10. The maximum absolute atomic E-state index is 3.49. The fourth-order valence-electron chi connectivity index (χ4n) is 2.89. The monoisotopic (exact) mass is 243 g/mol. The number of hydrogen-bond acceptors (Lipinski definition) is 1. The molecular weight excluding hydrogens is 218 g/mol. The van der Waals surface area contributed by atoms with E-state index >= 15 is 0 Å². The van der Waals surface area contributed by atoms with Crippen LogP contribution in [0.1, 0.15) is 43.2 Å². The predicted molar refractivity (Wildman–Crippen MR) is 78.9 cm³/mol. The summed E-state index contributed by atoms with van der Waals surface area (Å²) in [6.45, 7) is 2.21. The van der Waals surface area contributed by atoms with Gasteiger partial charge in [-0.05, 0) is 63.6 Å². The summed E-state index contributed by atoms with van der Waals surface area (Å²) in [6.07, 6.45) is 10.2. The van der Waals surface area contributed by atoms with Crippen LogP contribution in [-0.2, 0) is 6.42 Å². The van der Waals surface area contributed by atoms with Gasteiger partial charge in [0.1, 0.15) is 0 Å². The van der Waals surface area contributed by atoms with Crippen molar-refractivity contribution in [2.24, 2.45) is 0 Å². The molecule has 0 radical (unpaired) electrons. The highest BCUT2D eigenvalue weighted by Crippen LogP contribution is 2.23. The number of nitrogens with one attached hydrogen (secondary N) is 1. The predicted octanol–water partition coefficient (Wildman–Crippen LogP) is 4.02. The van der Waals surface area contributed by atoms with E-state index in [1.54, 1.807) is 5.57 Å². The summed E-state index contributed by atoms with van der Waals surface area (Å²) < 4.78 is 0. The zero-order chi connectivity index (χ0) is 12.8. The van der Waals surface area contributed by atoms with Crippen molar-refractivity contribution in [1.82, 2.24) is 5.32 Å². The molecule has 98 valence electrons. The Balaban J connectivity index is 1.95. The van der Waals surface area contributed by atoms with Crippen LogP contribution in [0.25, 0.3) is 0 Å². The fraction of sp³-hybridized carbons (Fsp3) is 0.529. The molecule has 0 aliphatic heterocycles. The van der Waals surface area contributed by atoms with E-state index in [1.807, 2.05) is 0 Å². The SMILES string of the molecule is CNC(CCc1ccccc1C)C1=CCCCC1.